The minimum absolute atomic E-state index is 0.154. The molecule has 0 fully saturated rings. The maximum absolute atomic E-state index is 12.5. The SMILES string of the molecule is Cc1cc(/C=C/c2cc(CNc3cccc(C(=O)Nc4ccccc4)c3)[nH]n2)ccc1O. The zero-order valence-electron chi connectivity index (χ0n) is 17.7. The molecule has 1 heterocycles. The van der Waals surface area contributed by atoms with Crippen molar-refractivity contribution < 1.29 is 9.90 Å². The van der Waals surface area contributed by atoms with Crippen LogP contribution in [0, 0.1) is 6.92 Å². The number of hydrogen-bond donors (Lipinski definition) is 4. The molecule has 0 aliphatic heterocycles. The zero-order valence-corrected chi connectivity index (χ0v) is 17.7. The Morgan fingerprint density at radius 3 is 2.59 bits per heavy atom. The molecule has 0 saturated carbocycles. The van der Waals surface area contributed by atoms with Crippen LogP contribution in [0.2, 0.25) is 0 Å². The van der Waals surface area contributed by atoms with Crippen molar-refractivity contribution in [2.75, 3.05) is 10.6 Å². The minimum atomic E-state index is -0.154. The van der Waals surface area contributed by atoms with E-state index in [0.29, 0.717) is 12.1 Å². The molecular weight excluding hydrogens is 400 g/mol. The Kier molecular flexibility index (Phi) is 6.32. The molecule has 4 aromatic rings. The number of carbonyl (C=O) groups is 1. The second-order valence-corrected chi connectivity index (χ2v) is 7.45. The van der Waals surface area contributed by atoms with E-state index in [1.807, 2.05) is 85.8 Å². The average molecular weight is 425 g/mol. The van der Waals surface area contributed by atoms with Gasteiger partial charge in [-0.1, -0.05) is 36.4 Å². The summed E-state index contributed by atoms with van der Waals surface area (Å²) in [6, 6.07) is 24.2. The monoisotopic (exact) mass is 424 g/mol. The molecule has 4 N–H and O–H groups in total. The summed E-state index contributed by atoms with van der Waals surface area (Å²) >= 11 is 0. The number of nitrogens with zero attached hydrogens (tertiary/aromatic N) is 1. The van der Waals surface area contributed by atoms with Crippen molar-refractivity contribution in [2.24, 2.45) is 0 Å². The van der Waals surface area contributed by atoms with Gasteiger partial charge in [0, 0.05) is 16.9 Å². The number of phenolic OH excluding ortho intramolecular Hbond substituents is 1. The second kappa shape index (κ2) is 9.66. The van der Waals surface area contributed by atoms with E-state index in [-0.39, 0.29) is 11.7 Å². The number of benzene rings is 3. The van der Waals surface area contributed by atoms with Crippen molar-refractivity contribution in [2.45, 2.75) is 13.5 Å². The van der Waals surface area contributed by atoms with Crippen molar-refractivity contribution in [3.05, 3.63) is 107 Å². The smallest absolute Gasteiger partial charge is 0.255 e. The molecule has 160 valence electrons. The number of aromatic nitrogens is 2. The number of aromatic amines is 1. The molecule has 0 atom stereocenters. The third-order valence-corrected chi connectivity index (χ3v) is 4.96. The number of hydrogen-bond acceptors (Lipinski definition) is 4. The van der Waals surface area contributed by atoms with E-state index in [0.717, 1.165) is 33.9 Å². The van der Waals surface area contributed by atoms with Crippen molar-refractivity contribution in [3.63, 3.8) is 0 Å². The second-order valence-electron chi connectivity index (χ2n) is 7.45. The molecule has 0 aliphatic rings. The predicted molar refractivity (Wildman–Crippen MR) is 129 cm³/mol. The van der Waals surface area contributed by atoms with Crippen LogP contribution < -0.4 is 10.6 Å². The van der Waals surface area contributed by atoms with Gasteiger partial charge < -0.3 is 15.7 Å². The predicted octanol–water partition coefficient (Wildman–Crippen LogP) is 5.46. The Balaban J connectivity index is 1.35. The van der Waals surface area contributed by atoms with Gasteiger partial charge in [0.05, 0.1) is 17.9 Å². The summed E-state index contributed by atoms with van der Waals surface area (Å²) in [6.45, 7) is 2.41. The number of carbonyl (C=O) groups excluding carboxylic acids is 1. The maximum Gasteiger partial charge on any atom is 0.255 e. The fourth-order valence-corrected chi connectivity index (χ4v) is 3.21. The first kappa shape index (κ1) is 20.9. The highest BCUT2D eigenvalue weighted by molar-refractivity contribution is 6.04. The van der Waals surface area contributed by atoms with E-state index in [9.17, 15) is 9.90 Å². The number of rotatable bonds is 7. The van der Waals surface area contributed by atoms with Gasteiger partial charge in [-0.15, -0.1) is 0 Å². The van der Waals surface area contributed by atoms with Gasteiger partial charge in [-0.3, -0.25) is 9.89 Å². The van der Waals surface area contributed by atoms with Crippen LogP contribution in [-0.2, 0) is 6.54 Å². The van der Waals surface area contributed by atoms with E-state index in [2.05, 4.69) is 20.8 Å². The van der Waals surface area contributed by atoms with Crippen LogP contribution in [0.1, 0.15) is 32.9 Å². The summed E-state index contributed by atoms with van der Waals surface area (Å²) in [6.07, 6.45) is 3.87. The van der Waals surface area contributed by atoms with E-state index in [1.165, 1.54) is 0 Å². The summed E-state index contributed by atoms with van der Waals surface area (Å²) in [5, 5.41) is 23.2. The molecule has 0 radical (unpaired) electrons. The lowest BCUT2D eigenvalue weighted by atomic mass is 10.1. The van der Waals surface area contributed by atoms with Gasteiger partial charge in [0.1, 0.15) is 5.75 Å². The molecule has 3 aromatic carbocycles. The average Bonchev–Trinajstić information content (AvgIpc) is 3.27. The van der Waals surface area contributed by atoms with Gasteiger partial charge in [0.2, 0.25) is 0 Å². The number of H-pyrrole nitrogens is 1. The van der Waals surface area contributed by atoms with Crippen molar-refractivity contribution >= 4 is 29.4 Å². The van der Waals surface area contributed by atoms with E-state index >= 15 is 0 Å². The fraction of sp³-hybridized carbons (Fsp3) is 0.0769. The number of para-hydroxylation sites is 1. The molecular formula is C26H24N4O2. The molecule has 6 heteroatoms. The molecule has 0 bridgehead atoms. The van der Waals surface area contributed by atoms with Crippen LogP contribution in [0.4, 0.5) is 11.4 Å². The number of aromatic hydroxyl groups is 1. The van der Waals surface area contributed by atoms with E-state index < -0.39 is 0 Å². The Hall–Kier alpha value is -4.32. The fourth-order valence-electron chi connectivity index (χ4n) is 3.21. The van der Waals surface area contributed by atoms with Crippen LogP contribution in [0.15, 0.2) is 78.9 Å². The summed E-state index contributed by atoms with van der Waals surface area (Å²) in [4.78, 5) is 12.5. The zero-order chi connectivity index (χ0) is 22.3. The van der Waals surface area contributed by atoms with Crippen LogP contribution in [-0.4, -0.2) is 21.2 Å². The Labute approximate surface area is 186 Å². The van der Waals surface area contributed by atoms with Gasteiger partial charge >= 0.3 is 0 Å². The van der Waals surface area contributed by atoms with Crippen LogP contribution in [0.5, 0.6) is 5.75 Å². The lowest BCUT2D eigenvalue weighted by Crippen LogP contribution is -2.12. The number of amides is 1. The summed E-state index contributed by atoms with van der Waals surface area (Å²) < 4.78 is 0. The first-order chi connectivity index (χ1) is 15.6. The third kappa shape index (κ3) is 5.43. The molecule has 32 heavy (non-hydrogen) atoms. The van der Waals surface area contributed by atoms with Gasteiger partial charge in [-0.05, 0) is 72.7 Å². The van der Waals surface area contributed by atoms with Crippen molar-refractivity contribution in [1.29, 1.82) is 0 Å². The summed E-state index contributed by atoms with van der Waals surface area (Å²) in [7, 11) is 0. The summed E-state index contributed by atoms with van der Waals surface area (Å²) in [5.74, 6) is 0.134. The van der Waals surface area contributed by atoms with Crippen LogP contribution in [0.25, 0.3) is 12.2 Å². The summed E-state index contributed by atoms with van der Waals surface area (Å²) in [5.41, 5.74) is 5.74. The van der Waals surface area contributed by atoms with Gasteiger partial charge in [0.25, 0.3) is 5.91 Å². The Morgan fingerprint density at radius 1 is 0.969 bits per heavy atom. The highest BCUT2D eigenvalue weighted by Crippen LogP contribution is 2.19. The Morgan fingerprint density at radius 2 is 1.78 bits per heavy atom. The number of aryl methyl sites for hydroxylation is 1. The van der Waals surface area contributed by atoms with Gasteiger partial charge in [-0.25, -0.2) is 0 Å². The highest BCUT2D eigenvalue weighted by atomic mass is 16.3. The quantitative estimate of drug-likeness (QED) is 0.317. The Bertz CT molecular complexity index is 1250. The van der Waals surface area contributed by atoms with Crippen LogP contribution >= 0.6 is 0 Å². The first-order valence-corrected chi connectivity index (χ1v) is 10.3. The molecule has 0 unspecified atom stereocenters. The molecule has 0 saturated heterocycles. The van der Waals surface area contributed by atoms with E-state index in [1.54, 1.807) is 12.1 Å². The standard InChI is InChI=1S/C26H24N4O2/c1-18-14-19(11-13-25(18)31)10-12-23-16-24(30-29-23)17-27-22-9-5-6-20(15-22)26(32)28-21-7-3-2-4-8-21/h2-16,27,31H,17H2,1H3,(H,28,32)(H,29,30)/b12-10+. The molecule has 0 aliphatic carbocycles. The lowest BCUT2D eigenvalue weighted by Gasteiger charge is -2.08. The van der Waals surface area contributed by atoms with Crippen molar-refractivity contribution in [3.8, 4) is 5.75 Å². The molecule has 4 rings (SSSR count). The first-order valence-electron chi connectivity index (χ1n) is 10.3. The highest BCUT2D eigenvalue weighted by Gasteiger charge is 2.07. The number of anilines is 2. The largest absolute Gasteiger partial charge is 0.508 e. The van der Waals surface area contributed by atoms with Gasteiger partial charge in [0.15, 0.2) is 0 Å². The van der Waals surface area contributed by atoms with Crippen molar-refractivity contribution in [1.82, 2.24) is 10.2 Å². The number of phenols is 1. The third-order valence-electron chi connectivity index (χ3n) is 4.96. The van der Waals surface area contributed by atoms with Crippen LogP contribution in [0.3, 0.4) is 0 Å². The molecule has 6 nitrogen and oxygen atoms in total. The normalized spacial score (nSPS) is 10.9. The maximum atomic E-state index is 12.5. The van der Waals surface area contributed by atoms with E-state index in [4.69, 9.17) is 0 Å². The number of nitrogens with one attached hydrogen (secondary N) is 3. The topological polar surface area (TPSA) is 90.0 Å². The lowest BCUT2D eigenvalue weighted by molar-refractivity contribution is 0.102. The molecule has 1 amide bonds. The molecule has 0 spiro atoms. The van der Waals surface area contributed by atoms with Gasteiger partial charge in [-0.2, -0.15) is 5.10 Å². The molecule has 1 aromatic heterocycles. The minimum Gasteiger partial charge on any atom is -0.508 e.